The van der Waals surface area contributed by atoms with Crippen molar-refractivity contribution in [3.8, 4) is 0 Å². The van der Waals surface area contributed by atoms with Gasteiger partial charge in [-0.15, -0.1) is 34.0 Å². The zero-order valence-corrected chi connectivity index (χ0v) is 13.9. The maximum atomic E-state index is 12.2. The second-order valence-electron chi connectivity index (χ2n) is 4.43. The summed E-state index contributed by atoms with van der Waals surface area (Å²) in [6.45, 7) is 0. The van der Waals surface area contributed by atoms with E-state index < -0.39 is 23.1 Å². The fourth-order valence-corrected chi connectivity index (χ4v) is 4.05. The zero-order valence-electron chi connectivity index (χ0n) is 11.5. The molecule has 3 aromatic heterocycles. The molecule has 0 radical (unpaired) electrons. The van der Waals surface area contributed by atoms with Crippen LogP contribution >= 0.6 is 34.0 Å². The lowest BCUT2D eigenvalue weighted by atomic mass is 10.2. The van der Waals surface area contributed by atoms with Crippen LogP contribution in [-0.2, 0) is 0 Å². The highest BCUT2D eigenvalue weighted by atomic mass is 32.1. The van der Waals surface area contributed by atoms with Gasteiger partial charge in [-0.2, -0.15) is 0 Å². The van der Waals surface area contributed by atoms with E-state index in [0.29, 0.717) is 9.75 Å². The molecule has 0 bridgehead atoms. The van der Waals surface area contributed by atoms with Crippen molar-refractivity contribution in [2.75, 3.05) is 0 Å². The normalized spacial score (nSPS) is 10.4. The summed E-state index contributed by atoms with van der Waals surface area (Å²) < 4.78 is 0. The minimum absolute atomic E-state index is 0.158. The molecule has 114 valence electrons. The summed E-state index contributed by atoms with van der Waals surface area (Å²) in [7, 11) is 0. The van der Waals surface area contributed by atoms with Crippen LogP contribution in [0.2, 0.25) is 0 Å². The van der Waals surface area contributed by atoms with Crippen molar-refractivity contribution in [3.63, 3.8) is 0 Å². The summed E-state index contributed by atoms with van der Waals surface area (Å²) in [5.74, 6) is -2.55. The topological polar surface area (TPSA) is 68.3 Å². The minimum atomic E-state index is -0.667. The zero-order chi connectivity index (χ0) is 16.4. The minimum Gasteiger partial charge on any atom is -0.284 e. The lowest BCUT2D eigenvalue weighted by Crippen LogP contribution is -2.12. The molecular weight excluding hydrogens is 352 g/mol. The maximum Gasteiger partial charge on any atom is 0.244 e. The molecule has 0 aliphatic heterocycles. The SMILES string of the molecule is O=C(C(=O)c1ccc(C(=O)C(=O)c2cccs2)s1)c1cccs1. The molecule has 0 atom stereocenters. The van der Waals surface area contributed by atoms with Crippen molar-refractivity contribution in [3.05, 3.63) is 66.7 Å². The largest absolute Gasteiger partial charge is 0.284 e. The third kappa shape index (κ3) is 3.12. The van der Waals surface area contributed by atoms with Crippen LogP contribution in [0.4, 0.5) is 0 Å². The maximum absolute atomic E-state index is 12.2. The summed E-state index contributed by atoms with van der Waals surface area (Å²) in [6.07, 6.45) is 0. The summed E-state index contributed by atoms with van der Waals surface area (Å²) in [5, 5.41) is 3.42. The number of thiophene rings is 3. The first-order chi connectivity index (χ1) is 11.1. The highest BCUT2D eigenvalue weighted by Gasteiger charge is 2.25. The predicted molar refractivity (Wildman–Crippen MR) is 90.3 cm³/mol. The van der Waals surface area contributed by atoms with Crippen LogP contribution in [0.1, 0.15) is 38.7 Å². The van der Waals surface area contributed by atoms with Gasteiger partial charge in [0.2, 0.25) is 23.1 Å². The number of carbonyl (C=O) groups excluding carboxylic acids is 4. The lowest BCUT2D eigenvalue weighted by Gasteiger charge is -1.95. The molecule has 0 saturated heterocycles. The van der Waals surface area contributed by atoms with Gasteiger partial charge in [-0.1, -0.05) is 12.1 Å². The van der Waals surface area contributed by atoms with E-state index in [2.05, 4.69) is 0 Å². The van der Waals surface area contributed by atoms with E-state index in [1.807, 2.05) is 0 Å². The molecule has 3 rings (SSSR count). The Morgan fingerprint density at radius 3 is 1.30 bits per heavy atom. The second-order valence-corrected chi connectivity index (χ2v) is 7.41. The van der Waals surface area contributed by atoms with Gasteiger partial charge >= 0.3 is 0 Å². The Balaban J connectivity index is 1.80. The molecule has 0 saturated carbocycles. The summed E-state index contributed by atoms with van der Waals surface area (Å²) in [6, 6.07) is 9.35. The van der Waals surface area contributed by atoms with Crippen molar-refractivity contribution in [1.82, 2.24) is 0 Å². The summed E-state index contributed by atoms with van der Waals surface area (Å²) in [4.78, 5) is 49.4. The average molecular weight is 360 g/mol. The van der Waals surface area contributed by atoms with Crippen LogP contribution in [-0.4, -0.2) is 23.1 Å². The van der Waals surface area contributed by atoms with Gasteiger partial charge in [-0.25, -0.2) is 0 Å². The van der Waals surface area contributed by atoms with Crippen LogP contribution in [0.25, 0.3) is 0 Å². The van der Waals surface area contributed by atoms with Crippen molar-refractivity contribution < 1.29 is 19.2 Å². The Morgan fingerprint density at radius 2 is 0.957 bits per heavy atom. The highest BCUT2D eigenvalue weighted by molar-refractivity contribution is 7.19. The van der Waals surface area contributed by atoms with Gasteiger partial charge < -0.3 is 0 Å². The number of Topliss-reactive ketones (excluding diaryl/α,β-unsaturated/α-hetero) is 4. The molecule has 0 spiro atoms. The number of ketones is 4. The Labute approximate surface area is 143 Å². The van der Waals surface area contributed by atoms with Crippen LogP contribution < -0.4 is 0 Å². The summed E-state index contributed by atoms with van der Waals surface area (Å²) >= 11 is 3.24. The third-order valence-electron chi connectivity index (χ3n) is 2.96. The van der Waals surface area contributed by atoms with Crippen LogP contribution in [0.15, 0.2) is 47.2 Å². The predicted octanol–water partition coefficient (Wildman–Crippen LogP) is 4.00. The molecule has 0 amide bonds. The van der Waals surface area contributed by atoms with E-state index in [4.69, 9.17) is 0 Å². The second kappa shape index (κ2) is 6.49. The van der Waals surface area contributed by atoms with Crippen LogP contribution in [0.3, 0.4) is 0 Å². The number of hydrogen-bond acceptors (Lipinski definition) is 7. The molecule has 0 unspecified atom stereocenters. The van der Waals surface area contributed by atoms with E-state index in [0.717, 1.165) is 11.3 Å². The molecule has 23 heavy (non-hydrogen) atoms. The van der Waals surface area contributed by atoms with Gasteiger partial charge in [0.05, 0.1) is 19.5 Å². The molecule has 3 heterocycles. The van der Waals surface area contributed by atoms with Crippen LogP contribution in [0, 0.1) is 0 Å². The molecule has 3 aromatic rings. The summed E-state index contributed by atoms with van der Waals surface area (Å²) in [5.41, 5.74) is 0. The smallest absolute Gasteiger partial charge is 0.244 e. The first-order valence-electron chi connectivity index (χ1n) is 6.43. The molecule has 0 aliphatic carbocycles. The molecular formula is C16H8O4S3. The van der Waals surface area contributed by atoms with E-state index in [9.17, 15) is 19.2 Å². The first kappa shape index (κ1) is 15.7. The first-order valence-corrected chi connectivity index (χ1v) is 9.00. The van der Waals surface area contributed by atoms with Crippen LogP contribution in [0.5, 0.6) is 0 Å². The van der Waals surface area contributed by atoms with Crippen molar-refractivity contribution in [2.24, 2.45) is 0 Å². The van der Waals surface area contributed by atoms with Crippen molar-refractivity contribution >= 4 is 57.1 Å². The lowest BCUT2D eigenvalue weighted by molar-refractivity contribution is 0.0821. The fourth-order valence-electron chi connectivity index (χ4n) is 1.85. The number of hydrogen-bond donors (Lipinski definition) is 0. The number of rotatable bonds is 6. The van der Waals surface area contributed by atoms with Gasteiger partial charge in [0.15, 0.2) is 0 Å². The van der Waals surface area contributed by atoms with E-state index in [1.54, 1.807) is 35.0 Å². The quantitative estimate of drug-likeness (QED) is 0.492. The van der Waals surface area contributed by atoms with E-state index >= 15 is 0 Å². The molecule has 0 N–H and O–H groups in total. The Bertz CT molecular complexity index is 813. The molecule has 7 heteroatoms. The van der Waals surface area contributed by atoms with Gasteiger partial charge in [-0.3, -0.25) is 19.2 Å². The van der Waals surface area contributed by atoms with Gasteiger partial charge in [0.1, 0.15) is 0 Å². The molecule has 0 aliphatic rings. The Morgan fingerprint density at radius 1 is 0.565 bits per heavy atom. The Hall–Kier alpha value is -2.22. The Kier molecular flexibility index (Phi) is 4.42. The third-order valence-corrected chi connectivity index (χ3v) is 5.78. The van der Waals surface area contributed by atoms with E-state index in [-0.39, 0.29) is 9.75 Å². The van der Waals surface area contributed by atoms with E-state index in [1.165, 1.54) is 34.8 Å². The molecule has 4 nitrogen and oxygen atoms in total. The monoisotopic (exact) mass is 360 g/mol. The average Bonchev–Trinajstić information content (AvgIpc) is 3.33. The van der Waals surface area contributed by atoms with Crippen molar-refractivity contribution in [1.29, 1.82) is 0 Å². The standard InChI is InChI=1S/C16H8O4S3/c17-13(9-3-1-7-21-9)15(19)11-5-6-12(23-11)16(20)14(18)10-4-2-8-22-10/h1-8H. The van der Waals surface area contributed by atoms with Gasteiger partial charge in [0, 0.05) is 0 Å². The fraction of sp³-hybridized carbons (Fsp3) is 0. The highest BCUT2D eigenvalue weighted by Crippen LogP contribution is 2.22. The van der Waals surface area contributed by atoms with Gasteiger partial charge in [0.25, 0.3) is 0 Å². The molecule has 0 aromatic carbocycles. The van der Waals surface area contributed by atoms with Gasteiger partial charge in [-0.05, 0) is 35.0 Å². The molecule has 0 fully saturated rings. The van der Waals surface area contributed by atoms with Crippen molar-refractivity contribution in [2.45, 2.75) is 0 Å². The number of carbonyl (C=O) groups is 4.